The molecule has 0 aromatic heterocycles. The largest absolute Gasteiger partial charge is 0.480 e. The lowest BCUT2D eigenvalue weighted by atomic mass is 10.2. The molecule has 1 N–H and O–H groups in total. The van der Waals surface area contributed by atoms with Crippen molar-refractivity contribution < 1.29 is 27.1 Å². The van der Waals surface area contributed by atoms with Crippen molar-refractivity contribution in [1.29, 1.82) is 0 Å². The molecule has 0 saturated heterocycles. The summed E-state index contributed by atoms with van der Waals surface area (Å²) >= 11 is 0. The average Bonchev–Trinajstić information content (AvgIpc) is 2.29. The smallest absolute Gasteiger partial charge is 0.318 e. The molecule has 112 valence electrons. The maximum atomic E-state index is 13.7. The number of sulfonamides is 1. The third-order valence-electron chi connectivity index (χ3n) is 2.67. The van der Waals surface area contributed by atoms with Crippen LogP contribution in [0.25, 0.3) is 0 Å². The molecule has 8 heteroatoms. The van der Waals surface area contributed by atoms with Crippen molar-refractivity contribution in [3.63, 3.8) is 0 Å². The monoisotopic (exact) mass is 307 g/mol. The number of aliphatic carboxylic acids is 1. The number of benzene rings is 1. The molecule has 5 nitrogen and oxygen atoms in total. The highest BCUT2D eigenvalue weighted by atomic mass is 32.2. The Kier molecular flexibility index (Phi) is 4.82. The zero-order chi connectivity index (χ0) is 15.7. The molecule has 0 heterocycles. The lowest BCUT2D eigenvalue weighted by Gasteiger charge is -2.24. The molecule has 20 heavy (non-hydrogen) atoms. The highest BCUT2D eigenvalue weighted by Crippen LogP contribution is 2.23. The molecule has 0 aliphatic carbocycles. The second-order valence-electron chi connectivity index (χ2n) is 4.57. The molecule has 0 fully saturated rings. The maximum Gasteiger partial charge on any atom is 0.318 e. The molecule has 1 rings (SSSR count). The van der Waals surface area contributed by atoms with Gasteiger partial charge in [0.05, 0.1) is 0 Å². The first-order valence-electron chi connectivity index (χ1n) is 5.76. The van der Waals surface area contributed by atoms with Crippen molar-refractivity contribution in [2.24, 2.45) is 0 Å². The van der Waals surface area contributed by atoms with Gasteiger partial charge in [-0.25, -0.2) is 17.2 Å². The van der Waals surface area contributed by atoms with Crippen molar-refractivity contribution in [2.45, 2.75) is 31.7 Å². The van der Waals surface area contributed by atoms with Crippen LogP contribution in [-0.4, -0.2) is 36.4 Å². The van der Waals surface area contributed by atoms with Crippen molar-refractivity contribution in [3.05, 3.63) is 29.3 Å². The van der Waals surface area contributed by atoms with E-state index in [4.69, 9.17) is 5.11 Å². The van der Waals surface area contributed by atoms with Crippen LogP contribution in [0.2, 0.25) is 0 Å². The standard InChI is InChI=1S/C12H15F2NO4S/c1-7(2)15(6-12(16)17)20(18,19)11-4-8(3)9(13)5-10(11)14/h4-5,7H,6H2,1-3H3,(H,16,17). The van der Waals surface area contributed by atoms with Gasteiger partial charge in [0.25, 0.3) is 0 Å². The summed E-state index contributed by atoms with van der Waals surface area (Å²) in [5.74, 6) is -3.47. The normalized spacial score (nSPS) is 12.2. The Bertz CT molecular complexity index is 629. The van der Waals surface area contributed by atoms with Crippen LogP contribution in [0.3, 0.4) is 0 Å². The van der Waals surface area contributed by atoms with Crippen molar-refractivity contribution >= 4 is 16.0 Å². The van der Waals surface area contributed by atoms with Crippen LogP contribution in [0.1, 0.15) is 19.4 Å². The Hall–Kier alpha value is -1.54. The van der Waals surface area contributed by atoms with E-state index in [1.807, 2.05) is 0 Å². The summed E-state index contributed by atoms with van der Waals surface area (Å²) < 4.78 is 52.1. The number of nitrogens with zero attached hydrogens (tertiary/aromatic N) is 1. The Balaban J connectivity index is 3.41. The molecular formula is C12H15F2NO4S. The van der Waals surface area contributed by atoms with Gasteiger partial charge >= 0.3 is 5.97 Å². The molecule has 0 aliphatic heterocycles. The topological polar surface area (TPSA) is 74.7 Å². The minimum Gasteiger partial charge on any atom is -0.480 e. The molecule has 0 atom stereocenters. The summed E-state index contributed by atoms with van der Waals surface area (Å²) in [6.45, 7) is 3.43. The first-order valence-corrected chi connectivity index (χ1v) is 7.20. The molecule has 0 aliphatic rings. The predicted molar refractivity (Wildman–Crippen MR) is 67.8 cm³/mol. The van der Waals surface area contributed by atoms with E-state index >= 15 is 0 Å². The van der Waals surface area contributed by atoms with Gasteiger partial charge in [-0.1, -0.05) is 0 Å². The molecule has 0 amide bonds. The number of hydrogen-bond donors (Lipinski definition) is 1. The van der Waals surface area contributed by atoms with Crippen molar-refractivity contribution in [3.8, 4) is 0 Å². The van der Waals surface area contributed by atoms with Gasteiger partial charge in [-0.3, -0.25) is 4.79 Å². The van der Waals surface area contributed by atoms with Gasteiger partial charge in [-0.2, -0.15) is 4.31 Å². The number of halogens is 2. The highest BCUT2D eigenvalue weighted by molar-refractivity contribution is 7.89. The fourth-order valence-corrected chi connectivity index (χ4v) is 3.35. The van der Waals surface area contributed by atoms with Crippen LogP contribution < -0.4 is 0 Å². The van der Waals surface area contributed by atoms with E-state index in [1.54, 1.807) is 0 Å². The zero-order valence-electron chi connectivity index (χ0n) is 11.2. The van der Waals surface area contributed by atoms with Gasteiger partial charge < -0.3 is 5.11 Å². The van der Waals surface area contributed by atoms with E-state index in [9.17, 15) is 22.0 Å². The van der Waals surface area contributed by atoms with E-state index in [-0.39, 0.29) is 5.56 Å². The molecule has 0 unspecified atom stereocenters. The summed E-state index contributed by atoms with van der Waals surface area (Å²) in [6, 6.07) is 0.652. The number of hydrogen-bond acceptors (Lipinski definition) is 3. The van der Waals surface area contributed by atoms with Crippen LogP contribution in [0.5, 0.6) is 0 Å². The van der Waals surface area contributed by atoms with E-state index in [2.05, 4.69) is 0 Å². The number of carboxylic acid groups (broad SMARTS) is 1. The van der Waals surface area contributed by atoms with E-state index < -0.39 is 45.1 Å². The molecular weight excluding hydrogens is 292 g/mol. The number of aryl methyl sites for hydroxylation is 1. The molecule has 0 spiro atoms. The summed E-state index contributed by atoms with van der Waals surface area (Å²) in [5, 5.41) is 8.75. The summed E-state index contributed by atoms with van der Waals surface area (Å²) in [7, 11) is -4.35. The van der Waals surface area contributed by atoms with Gasteiger partial charge in [0.2, 0.25) is 10.0 Å². The quantitative estimate of drug-likeness (QED) is 0.899. The first kappa shape index (κ1) is 16.5. The van der Waals surface area contributed by atoms with Gasteiger partial charge in [0, 0.05) is 12.1 Å². The zero-order valence-corrected chi connectivity index (χ0v) is 12.0. The fraction of sp³-hybridized carbons (Fsp3) is 0.417. The lowest BCUT2D eigenvalue weighted by molar-refractivity contribution is -0.137. The molecule has 1 aromatic rings. The van der Waals surface area contributed by atoms with Crippen LogP contribution in [-0.2, 0) is 14.8 Å². The summed E-state index contributed by atoms with van der Waals surface area (Å²) in [4.78, 5) is 10.0. The van der Waals surface area contributed by atoms with Crippen LogP contribution in [0.4, 0.5) is 8.78 Å². The molecule has 0 bridgehead atoms. The van der Waals surface area contributed by atoms with Gasteiger partial charge in [0.1, 0.15) is 23.1 Å². The second-order valence-corrected chi connectivity index (χ2v) is 6.43. The highest BCUT2D eigenvalue weighted by Gasteiger charge is 2.31. The van der Waals surface area contributed by atoms with Gasteiger partial charge in [-0.15, -0.1) is 0 Å². The Morgan fingerprint density at radius 1 is 1.30 bits per heavy atom. The van der Waals surface area contributed by atoms with E-state index in [0.717, 1.165) is 6.07 Å². The molecule has 0 radical (unpaired) electrons. The van der Waals surface area contributed by atoms with Gasteiger partial charge in [0.15, 0.2) is 0 Å². The van der Waals surface area contributed by atoms with E-state index in [1.165, 1.54) is 20.8 Å². The van der Waals surface area contributed by atoms with E-state index in [0.29, 0.717) is 10.4 Å². The van der Waals surface area contributed by atoms with Crippen molar-refractivity contribution in [2.75, 3.05) is 6.54 Å². The number of rotatable bonds is 5. The third kappa shape index (κ3) is 3.31. The van der Waals surface area contributed by atoms with Crippen LogP contribution >= 0.6 is 0 Å². The molecule has 1 aromatic carbocycles. The Labute approximate surface area is 115 Å². The van der Waals surface area contributed by atoms with Gasteiger partial charge in [-0.05, 0) is 32.4 Å². The summed E-state index contributed by atoms with van der Waals surface area (Å²) in [5.41, 5.74) is -0.0380. The number of carboxylic acids is 1. The minimum absolute atomic E-state index is 0.0380. The Morgan fingerprint density at radius 3 is 2.30 bits per heavy atom. The first-order chi connectivity index (χ1) is 9.07. The Morgan fingerprint density at radius 2 is 1.85 bits per heavy atom. The third-order valence-corrected chi connectivity index (χ3v) is 4.70. The average molecular weight is 307 g/mol. The SMILES string of the molecule is Cc1cc(S(=O)(=O)N(CC(=O)O)C(C)C)c(F)cc1F. The summed E-state index contributed by atoms with van der Waals surface area (Å²) in [6.07, 6.45) is 0. The van der Waals surface area contributed by atoms with Crippen molar-refractivity contribution in [1.82, 2.24) is 4.31 Å². The second kappa shape index (κ2) is 5.84. The molecule has 0 saturated carbocycles. The number of carbonyl (C=O) groups is 1. The lowest BCUT2D eigenvalue weighted by Crippen LogP contribution is -2.41. The maximum absolute atomic E-state index is 13.7. The van der Waals surface area contributed by atoms with Crippen LogP contribution in [0, 0.1) is 18.6 Å². The fourth-order valence-electron chi connectivity index (χ4n) is 1.63. The predicted octanol–water partition coefficient (Wildman–Crippen LogP) is 1.76. The minimum atomic E-state index is -4.35. The van der Waals surface area contributed by atoms with Crippen LogP contribution in [0.15, 0.2) is 17.0 Å².